The van der Waals surface area contributed by atoms with Crippen LogP contribution in [-0.2, 0) is 0 Å². The van der Waals surface area contributed by atoms with Crippen LogP contribution in [0.25, 0.3) is 0 Å². The van der Waals surface area contributed by atoms with Gasteiger partial charge in [-0.1, -0.05) is 78.9 Å². The molecule has 1 heteroatoms. The van der Waals surface area contributed by atoms with Crippen molar-refractivity contribution in [3.8, 4) is 0 Å². The zero-order valence-corrected chi connectivity index (χ0v) is 12.2. The molecule has 0 aliphatic heterocycles. The molecule has 0 bridgehead atoms. The SMILES string of the molecule is CCCC[Si](C)(CCCC)C(C)(C)C. The van der Waals surface area contributed by atoms with E-state index in [1.807, 2.05) is 0 Å². The van der Waals surface area contributed by atoms with Crippen molar-refractivity contribution in [3.05, 3.63) is 0 Å². The van der Waals surface area contributed by atoms with Gasteiger partial charge in [0.1, 0.15) is 0 Å². The lowest BCUT2D eigenvalue weighted by Gasteiger charge is -2.40. The summed E-state index contributed by atoms with van der Waals surface area (Å²) < 4.78 is 0. The zero-order chi connectivity index (χ0) is 11.2. The Kier molecular flexibility index (Phi) is 6.04. The van der Waals surface area contributed by atoms with Crippen molar-refractivity contribution in [2.45, 2.75) is 84.0 Å². The van der Waals surface area contributed by atoms with Gasteiger partial charge in [0, 0.05) is 0 Å². The Morgan fingerprint density at radius 2 is 1.21 bits per heavy atom. The van der Waals surface area contributed by atoms with Crippen molar-refractivity contribution < 1.29 is 0 Å². The van der Waals surface area contributed by atoms with Crippen molar-refractivity contribution in [2.75, 3.05) is 0 Å². The lowest BCUT2D eigenvalue weighted by Crippen LogP contribution is -2.40. The molecule has 14 heavy (non-hydrogen) atoms. The first-order chi connectivity index (χ1) is 6.37. The standard InChI is InChI=1S/C13H30Si/c1-7-9-11-14(6,12-10-8-2)13(3,4)5/h7-12H2,1-6H3. The maximum absolute atomic E-state index is 2.62. The minimum atomic E-state index is -0.993. The molecular formula is C13H30Si. The second-order valence-corrected chi connectivity index (χ2v) is 11.6. The lowest BCUT2D eigenvalue weighted by molar-refractivity contribution is 0.679. The van der Waals surface area contributed by atoms with Gasteiger partial charge in [-0.15, -0.1) is 0 Å². The molecule has 0 fully saturated rings. The summed E-state index contributed by atoms with van der Waals surface area (Å²) in [5, 5.41) is 0.595. The molecule has 0 radical (unpaired) electrons. The Hall–Kier alpha value is 0.217. The van der Waals surface area contributed by atoms with Crippen LogP contribution in [0.3, 0.4) is 0 Å². The lowest BCUT2D eigenvalue weighted by atomic mass is 10.2. The molecule has 0 unspecified atom stereocenters. The Balaban J connectivity index is 4.33. The fraction of sp³-hybridized carbons (Fsp3) is 1.00. The summed E-state index contributed by atoms with van der Waals surface area (Å²) in [6, 6.07) is 3.07. The third-order valence-electron chi connectivity index (χ3n) is 3.97. The van der Waals surface area contributed by atoms with Gasteiger partial charge >= 0.3 is 0 Å². The fourth-order valence-corrected chi connectivity index (χ4v) is 6.03. The molecular weight excluding hydrogens is 184 g/mol. The van der Waals surface area contributed by atoms with Crippen LogP contribution in [0, 0.1) is 0 Å². The summed E-state index contributed by atoms with van der Waals surface area (Å²) in [7, 11) is -0.993. The first-order valence-electron chi connectivity index (χ1n) is 6.37. The molecule has 0 N–H and O–H groups in total. The molecule has 0 nitrogen and oxygen atoms in total. The van der Waals surface area contributed by atoms with E-state index < -0.39 is 8.07 Å². The highest BCUT2D eigenvalue weighted by Crippen LogP contribution is 2.43. The first-order valence-corrected chi connectivity index (χ1v) is 9.29. The predicted octanol–water partition coefficient (Wildman–Crippen LogP) is 5.47. The zero-order valence-electron chi connectivity index (χ0n) is 11.2. The second-order valence-electron chi connectivity index (χ2n) is 6.02. The van der Waals surface area contributed by atoms with Crippen molar-refractivity contribution in [1.29, 1.82) is 0 Å². The Morgan fingerprint density at radius 1 is 0.857 bits per heavy atom. The quantitative estimate of drug-likeness (QED) is 0.515. The second kappa shape index (κ2) is 5.94. The summed E-state index contributed by atoms with van der Waals surface area (Å²) in [5.41, 5.74) is 0. The van der Waals surface area contributed by atoms with E-state index in [0.29, 0.717) is 5.04 Å². The van der Waals surface area contributed by atoms with E-state index in [0.717, 1.165) is 0 Å². The van der Waals surface area contributed by atoms with Crippen LogP contribution in [0.1, 0.15) is 60.3 Å². The molecule has 0 atom stereocenters. The molecule has 0 heterocycles. The van der Waals surface area contributed by atoms with Crippen LogP contribution >= 0.6 is 0 Å². The van der Waals surface area contributed by atoms with Gasteiger partial charge in [0.25, 0.3) is 0 Å². The molecule has 86 valence electrons. The van der Waals surface area contributed by atoms with E-state index in [1.54, 1.807) is 0 Å². The highest BCUT2D eigenvalue weighted by Gasteiger charge is 2.37. The molecule has 0 aromatic rings. The first kappa shape index (κ1) is 14.2. The topological polar surface area (TPSA) is 0 Å². The average Bonchev–Trinajstić information content (AvgIpc) is 2.09. The Bertz CT molecular complexity index is 136. The summed E-state index contributed by atoms with van der Waals surface area (Å²) in [4.78, 5) is 0. The van der Waals surface area contributed by atoms with Crippen molar-refractivity contribution in [2.24, 2.45) is 0 Å². The summed E-state index contributed by atoms with van der Waals surface area (Å²) in [6.45, 7) is 14.6. The van der Waals surface area contributed by atoms with E-state index in [4.69, 9.17) is 0 Å². The Morgan fingerprint density at radius 3 is 1.43 bits per heavy atom. The number of hydrogen-bond acceptors (Lipinski definition) is 0. The number of rotatable bonds is 6. The molecule has 0 aromatic carbocycles. The van der Waals surface area contributed by atoms with Gasteiger partial charge in [-0.05, 0) is 5.04 Å². The van der Waals surface area contributed by atoms with Gasteiger partial charge in [0.15, 0.2) is 0 Å². The molecule has 0 saturated heterocycles. The maximum Gasteiger partial charge on any atom is 0.0558 e. The largest absolute Gasteiger partial charge is 0.0688 e. The van der Waals surface area contributed by atoms with Gasteiger partial charge in [-0.2, -0.15) is 0 Å². The van der Waals surface area contributed by atoms with Gasteiger partial charge < -0.3 is 0 Å². The molecule has 0 saturated carbocycles. The predicted molar refractivity (Wildman–Crippen MR) is 70.8 cm³/mol. The molecule has 0 amide bonds. The van der Waals surface area contributed by atoms with Crippen LogP contribution in [0.5, 0.6) is 0 Å². The molecule has 0 aliphatic carbocycles. The minimum absolute atomic E-state index is 0.595. The van der Waals surface area contributed by atoms with Crippen molar-refractivity contribution >= 4 is 8.07 Å². The van der Waals surface area contributed by atoms with E-state index >= 15 is 0 Å². The molecule has 0 aromatic heterocycles. The van der Waals surface area contributed by atoms with Crippen LogP contribution in [0.15, 0.2) is 0 Å². The van der Waals surface area contributed by atoms with E-state index in [9.17, 15) is 0 Å². The van der Waals surface area contributed by atoms with Gasteiger partial charge in [-0.3, -0.25) is 0 Å². The summed E-state index contributed by atoms with van der Waals surface area (Å²) >= 11 is 0. The third kappa shape index (κ3) is 4.16. The number of hydrogen-bond donors (Lipinski definition) is 0. The summed E-state index contributed by atoms with van der Waals surface area (Å²) in [5.74, 6) is 0. The van der Waals surface area contributed by atoms with Crippen LogP contribution in [0.4, 0.5) is 0 Å². The van der Waals surface area contributed by atoms with Crippen LogP contribution in [-0.4, -0.2) is 8.07 Å². The number of unbranched alkanes of at least 4 members (excludes halogenated alkanes) is 2. The third-order valence-corrected chi connectivity index (χ3v) is 10.5. The maximum atomic E-state index is 2.62. The molecule has 0 aliphatic rings. The van der Waals surface area contributed by atoms with E-state index in [-0.39, 0.29) is 0 Å². The van der Waals surface area contributed by atoms with Gasteiger partial charge in [0.2, 0.25) is 0 Å². The smallest absolute Gasteiger partial charge is 0.0558 e. The van der Waals surface area contributed by atoms with E-state index in [1.165, 1.54) is 37.8 Å². The normalized spacial score (nSPS) is 13.3. The van der Waals surface area contributed by atoms with Crippen LogP contribution in [0.2, 0.25) is 23.7 Å². The highest BCUT2D eigenvalue weighted by molar-refractivity contribution is 6.81. The summed E-state index contributed by atoms with van der Waals surface area (Å²) in [6.07, 6.45) is 5.63. The fourth-order valence-electron chi connectivity index (χ4n) is 2.01. The van der Waals surface area contributed by atoms with Gasteiger partial charge in [0.05, 0.1) is 8.07 Å². The van der Waals surface area contributed by atoms with Crippen molar-refractivity contribution in [1.82, 2.24) is 0 Å². The van der Waals surface area contributed by atoms with Gasteiger partial charge in [-0.25, -0.2) is 0 Å². The Labute approximate surface area is 92.5 Å². The molecule has 0 rings (SSSR count). The highest BCUT2D eigenvalue weighted by atomic mass is 28.3. The van der Waals surface area contributed by atoms with Crippen molar-refractivity contribution in [3.63, 3.8) is 0 Å². The van der Waals surface area contributed by atoms with Crippen LogP contribution < -0.4 is 0 Å². The monoisotopic (exact) mass is 214 g/mol. The average molecular weight is 214 g/mol. The van der Waals surface area contributed by atoms with E-state index in [2.05, 4.69) is 41.2 Å². The molecule has 0 spiro atoms. The minimum Gasteiger partial charge on any atom is -0.0688 e.